The number of piperidine rings is 1. The van der Waals surface area contributed by atoms with Crippen molar-refractivity contribution in [2.75, 3.05) is 25.0 Å². The number of aromatic nitrogens is 1. The molecule has 0 radical (unpaired) electrons. The molecule has 19 heavy (non-hydrogen) atoms. The van der Waals surface area contributed by atoms with E-state index in [0.717, 1.165) is 25.3 Å². The first-order chi connectivity index (χ1) is 9.38. The summed E-state index contributed by atoms with van der Waals surface area (Å²) < 4.78 is 0. The Hall–Kier alpha value is -1.61. The van der Waals surface area contributed by atoms with Gasteiger partial charge < -0.3 is 10.2 Å². The van der Waals surface area contributed by atoms with Crippen LogP contribution in [0.4, 0.5) is 5.82 Å². The van der Waals surface area contributed by atoms with Crippen LogP contribution in [-0.2, 0) is 6.54 Å². The number of rotatable bonds is 3. The van der Waals surface area contributed by atoms with Crippen LogP contribution in [0.1, 0.15) is 25.0 Å². The highest BCUT2D eigenvalue weighted by Gasteiger charge is 2.15. The van der Waals surface area contributed by atoms with Crippen LogP contribution in [-0.4, -0.2) is 25.1 Å². The van der Waals surface area contributed by atoms with Gasteiger partial charge in [-0.2, -0.15) is 0 Å². The van der Waals surface area contributed by atoms with E-state index < -0.39 is 0 Å². The van der Waals surface area contributed by atoms with Crippen molar-refractivity contribution in [3.05, 3.63) is 36.0 Å². The van der Waals surface area contributed by atoms with Crippen LogP contribution >= 0.6 is 0 Å². The standard InChI is InChI=1S/C16H21N3/c1-17-12-14-11-13-7-3-4-8-15(13)16(18-14)19-9-5-2-6-10-19/h3-4,7-8,11,17H,2,5-6,9-10,12H2,1H3. The Morgan fingerprint density at radius 2 is 1.95 bits per heavy atom. The van der Waals surface area contributed by atoms with Gasteiger partial charge in [0.25, 0.3) is 0 Å². The molecule has 3 heteroatoms. The summed E-state index contributed by atoms with van der Waals surface area (Å²) in [7, 11) is 1.97. The molecule has 0 bridgehead atoms. The average molecular weight is 255 g/mol. The zero-order valence-corrected chi connectivity index (χ0v) is 11.5. The summed E-state index contributed by atoms with van der Waals surface area (Å²) in [5.41, 5.74) is 1.13. The Kier molecular flexibility index (Phi) is 3.65. The first-order valence-corrected chi connectivity index (χ1v) is 7.17. The molecule has 2 aromatic rings. The van der Waals surface area contributed by atoms with Gasteiger partial charge >= 0.3 is 0 Å². The number of anilines is 1. The maximum atomic E-state index is 4.88. The zero-order chi connectivity index (χ0) is 13.1. The third-order valence-corrected chi connectivity index (χ3v) is 3.79. The molecule has 3 nitrogen and oxygen atoms in total. The molecule has 100 valence electrons. The molecular formula is C16H21N3. The summed E-state index contributed by atoms with van der Waals surface area (Å²) in [6.45, 7) is 3.10. The van der Waals surface area contributed by atoms with Crippen LogP contribution in [0.15, 0.2) is 30.3 Å². The SMILES string of the molecule is CNCc1cc2ccccc2c(N2CCCCC2)n1. The highest BCUT2D eigenvalue weighted by Crippen LogP contribution is 2.27. The fourth-order valence-electron chi connectivity index (χ4n) is 2.85. The lowest BCUT2D eigenvalue weighted by molar-refractivity contribution is 0.574. The van der Waals surface area contributed by atoms with Gasteiger partial charge in [-0.05, 0) is 37.8 Å². The van der Waals surface area contributed by atoms with Crippen LogP contribution in [0.25, 0.3) is 10.8 Å². The van der Waals surface area contributed by atoms with Gasteiger partial charge in [-0.1, -0.05) is 24.3 Å². The van der Waals surface area contributed by atoms with Crippen molar-refractivity contribution in [2.45, 2.75) is 25.8 Å². The fraction of sp³-hybridized carbons (Fsp3) is 0.438. The van der Waals surface area contributed by atoms with Crippen molar-refractivity contribution in [3.63, 3.8) is 0 Å². The van der Waals surface area contributed by atoms with E-state index in [4.69, 9.17) is 4.98 Å². The van der Waals surface area contributed by atoms with Gasteiger partial charge in [0, 0.05) is 25.0 Å². The molecule has 1 saturated heterocycles. The van der Waals surface area contributed by atoms with Gasteiger partial charge in [0.05, 0.1) is 5.69 Å². The van der Waals surface area contributed by atoms with E-state index in [2.05, 4.69) is 40.5 Å². The molecular weight excluding hydrogens is 234 g/mol. The molecule has 0 atom stereocenters. The molecule has 2 heterocycles. The predicted octanol–water partition coefficient (Wildman–Crippen LogP) is 2.94. The lowest BCUT2D eigenvalue weighted by Crippen LogP contribution is -2.30. The van der Waals surface area contributed by atoms with Crippen molar-refractivity contribution in [3.8, 4) is 0 Å². The average Bonchev–Trinajstić information content (AvgIpc) is 2.48. The lowest BCUT2D eigenvalue weighted by atomic mass is 10.1. The molecule has 1 aromatic carbocycles. The number of nitrogens with zero attached hydrogens (tertiary/aromatic N) is 2. The second kappa shape index (κ2) is 5.57. The van der Waals surface area contributed by atoms with Gasteiger partial charge in [-0.25, -0.2) is 4.98 Å². The molecule has 0 unspecified atom stereocenters. The number of hydrogen-bond donors (Lipinski definition) is 1. The number of fused-ring (bicyclic) bond motifs is 1. The molecule has 1 fully saturated rings. The van der Waals surface area contributed by atoms with E-state index >= 15 is 0 Å². The van der Waals surface area contributed by atoms with E-state index in [1.807, 2.05) is 7.05 Å². The number of nitrogens with one attached hydrogen (secondary N) is 1. The van der Waals surface area contributed by atoms with E-state index in [9.17, 15) is 0 Å². The smallest absolute Gasteiger partial charge is 0.136 e. The topological polar surface area (TPSA) is 28.2 Å². The Labute approximate surface area is 114 Å². The van der Waals surface area contributed by atoms with E-state index in [0.29, 0.717) is 0 Å². The number of hydrogen-bond acceptors (Lipinski definition) is 3. The molecule has 0 spiro atoms. The van der Waals surface area contributed by atoms with Crippen molar-refractivity contribution < 1.29 is 0 Å². The van der Waals surface area contributed by atoms with Gasteiger partial charge in [-0.15, -0.1) is 0 Å². The molecule has 1 aromatic heterocycles. The fourth-order valence-corrected chi connectivity index (χ4v) is 2.85. The molecule has 0 amide bonds. The number of benzene rings is 1. The molecule has 1 aliphatic rings. The highest BCUT2D eigenvalue weighted by atomic mass is 15.2. The molecule has 0 aliphatic carbocycles. The predicted molar refractivity (Wildman–Crippen MR) is 80.6 cm³/mol. The zero-order valence-electron chi connectivity index (χ0n) is 11.5. The van der Waals surface area contributed by atoms with Gasteiger partial charge in [-0.3, -0.25) is 0 Å². The summed E-state index contributed by atoms with van der Waals surface area (Å²) in [6.07, 6.45) is 3.92. The first-order valence-electron chi connectivity index (χ1n) is 7.17. The minimum absolute atomic E-state index is 0.825. The van der Waals surface area contributed by atoms with Gasteiger partial charge in [0.1, 0.15) is 5.82 Å². The van der Waals surface area contributed by atoms with Gasteiger partial charge in [0.15, 0.2) is 0 Å². The normalized spacial score (nSPS) is 15.9. The largest absolute Gasteiger partial charge is 0.356 e. The Morgan fingerprint density at radius 3 is 2.74 bits per heavy atom. The molecule has 1 N–H and O–H groups in total. The monoisotopic (exact) mass is 255 g/mol. The van der Waals surface area contributed by atoms with Crippen molar-refractivity contribution in [1.82, 2.24) is 10.3 Å². The minimum atomic E-state index is 0.825. The number of pyridine rings is 1. The quantitative estimate of drug-likeness (QED) is 0.914. The van der Waals surface area contributed by atoms with E-state index in [-0.39, 0.29) is 0 Å². The minimum Gasteiger partial charge on any atom is -0.356 e. The Morgan fingerprint density at radius 1 is 1.16 bits per heavy atom. The second-order valence-corrected chi connectivity index (χ2v) is 5.24. The highest BCUT2D eigenvalue weighted by molar-refractivity contribution is 5.92. The summed E-state index contributed by atoms with van der Waals surface area (Å²) in [4.78, 5) is 7.33. The van der Waals surface area contributed by atoms with Crippen molar-refractivity contribution >= 4 is 16.6 Å². The van der Waals surface area contributed by atoms with Crippen LogP contribution < -0.4 is 10.2 Å². The van der Waals surface area contributed by atoms with Gasteiger partial charge in [0.2, 0.25) is 0 Å². The summed E-state index contributed by atoms with van der Waals surface area (Å²) in [5.74, 6) is 1.17. The first kappa shape index (κ1) is 12.4. The molecule has 3 rings (SSSR count). The molecule has 0 saturated carbocycles. The third-order valence-electron chi connectivity index (χ3n) is 3.79. The second-order valence-electron chi connectivity index (χ2n) is 5.24. The maximum absolute atomic E-state index is 4.88. The van der Waals surface area contributed by atoms with Crippen LogP contribution in [0.3, 0.4) is 0 Å². The summed E-state index contributed by atoms with van der Waals surface area (Å²) in [5, 5.41) is 5.77. The Bertz CT molecular complexity index is 559. The van der Waals surface area contributed by atoms with Crippen LogP contribution in [0, 0.1) is 0 Å². The third kappa shape index (κ3) is 2.56. The van der Waals surface area contributed by atoms with E-state index in [1.54, 1.807) is 0 Å². The summed E-state index contributed by atoms with van der Waals surface area (Å²) in [6, 6.07) is 10.8. The molecule has 1 aliphatic heterocycles. The van der Waals surface area contributed by atoms with Crippen LogP contribution in [0.2, 0.25) is 0 Å². The van der Waals surface area contributed by atoms with Crippen molar-refractivity contribution in [1.29, 1.82) is 0 Å². The van der Waals surface area contributed by atoms with Crippen molar-refractivity contribution in [2.24, 2.45) is 0 Å². The maximum Gasteiger partial charge on any atom is 0.136 e. The van der Waals surface area contributed by atoms with Crippen LogP contribution in [0.5, 0.6) is 0 Å². The Balaban J connectivity index is 2.08. The summed E-state index contributed by atoms with van der Waals surface area (Å²) >= 11 is 0. The van der Waals surface area contributed by atoms with E-state index in [1.165, 1.54) is 35.9 Å². The lowest BCUT2D eigenvalue weighted by Gasteiger charge is -2.29.